The third-order valence-electron chi connectivity index (χ3n) is 4.11. The van der Waals surface area contributed by atoms with E-state index in [1.165, 1.54) is 39.5 Å². The van der Waals surface area contributed by atoms with E-state index in [4.69, 9.17) is 14.2 Å². The first-order chi connectivity index (χ1) is 14.7. The van der Waals surface area contributed by atoms with Crippen molar-refractivity contribution in [2.75, 3.05) is 21.3 Å². The first-order valence-corrected chi connectivity index (χ1v) is 8.53. The minimum absolute atomic E-state index is 0.0404. The van der Waals surface area contributed by atoms with Gasteiger partial charge in [-0.2, -0.15) is 0 Å². The monoisotopic (exact) mass is 439 g/mol. The van der Waals surface area contributed by atoms with Gasteiger partial charge in [0.2, 0.25) is 11.6 Å². The van der Waals surface area contributed by atoms with Crippen LogP contribution in [0.15, 0.2) is 40.6 Å². The summed E-state index contributed by atoms with van der Waals surface area (Å²) >= 11 is 0. The molecule has 0 aliphatic rings. The summed E-state index contributed by atoms with van der Waals surface area (Å²) in [5, 5.41) is 17.4. The maximum Gasteiger partial charge on any atom is 0.573 e. The lowest BCUT2D eigenvalue weighted by Crippen LogP contribution is -2.16. The number of ether oxygens (including phenoxy) is 4. The highest BCUT2D eigenvalue weighted by atomic mass is 19.4. The molecule has 0 bridgehead atoms. The largest absolute Gasteiger partial charge is 0.573 e. The molecule has 0 saturated carbocycles. The predicted molar refractivity (Wildman–Crippen MR) is 102 cm³/mol. The van der Waals surface area contributed by atoms with Crippen LogP contribution in [0.5, 0.6) is 28.9 Å². The van der Waals surface area contributed by atoms with E-state index in [1.54, 1.807) is 0 Å². The topological polar surface area (TPSA) is 115 Å². The highest BCUT2D eigenvalue weighted by Crippen LogP contribution is 2.40. The average Bonchev–Trinajstić information content (AvgIpc) is 3.03. The zero-order chi connectivity index (χ0) is 22.8. The summed E-state index contributed by atoms with van der Waals surface area (Å²) < 4.78 is 56.8. The fourth-order valence-corrected chi connectivity index (χ4v) is 2.80. The molecule has 31 heavy (non-hydrogen) atoms. The van der Waals surface area contributed by atoms with Gasteiger partial charge in [-0.25, -0.2) is 0 Å². The number of benzene rings is 2. The van der Waals surface area contributed by atoms with Crippen LogP contribution in [-0.4, -0.2) is 43.7 Å². The Morgan fingerprint density at radius 3 is 2.23 bits per heavy atom. The number of H-pyrrole nitrogens is 1. The molecule has 3 rings (SSSR count). The Balaban J connectivity index is 1.97. The zero-order valence-corrected chi connectivity index (χ0v) is 16.4. The number of rotatable bonds is 6. The van der Waals surface area contributed by atoms with Crippen LogP contribution < -0.4 is 18.9 Å². The maximum absolute atomic E-state index is 12.5. The Bertz CT molecular complexity index is 1130. The summed E-state index contributed by atoms with van der Waals surface area (Å²) in [5.41, 5.74) is 0.0725. The van der Waals surface area contributed by atoms with E-state index in [0.717, 1.165) is 12.1 Å². The number of alkyl halides is 3. The number of fused-ring (bicyclic) bond motifs is 1. The number of azo groups is 1. The number of nitrogens with zero attached hydrogens (tertiary/aromatic N) is 2. The second-order valence-electron chi connectivity index (χ2n) is 6.00. The second-order valence-corrected chi connectivity index (χ2v) is 6.00. The lowest BCUT2D eigenvalue weighted by molar-refractivity contribution is -0.274. The van der Waals surface area contributed by atoms with Crippen molar-refractivity contribution in [3.63, 3.8) is 0 Å². The summed E-state index contributed by atoms with van der Waals surface area (Å²) in [4.78, 5) is 15.0. The van der Waals surface area contributed by atoms with Gasteiger partial charge in [-0.3, -0.25) is 4.79 Å². The van der Waals surface area contributed by atoms with Crippen molar-refractivity contribution in [3.8, 4) is 28.9 Å². The fourth-order valence-electron chi connectivity index (χ4n) is 2.80. The second kappa shape index (κ2) is 8.42. The number of carbonyl (C=O) groups is 1. The Morgan fingerprint density at radius 2 is 1.68 bits per heavy atom. The molecule has 0 unspecified atom stereocenters. The maximum atomic E-state index is 12.5. The molecule has 1 aromatic heterocycles. The number of methoxy groups -OCH3 is 3. The minimum Gasteiger partial charge on any atom is -0.493 e. The molecule has 0 aliphatic heterocycles. The molecule has 0 saturated heterocycles. The van der Waals surface area contributed by atoms with Gasteiger partial charge in [-0.05, 0) is 30.3 Å². The fraction of sp³-hybridized carbons (Fsp3) is 0.211. The molecule has 0 radical (unpaired) electrons. The van der Waals surface area contributed by atoms with Gasteiger partial charge in [-0.1, -0.05) is 0 Å². The summed E-state index contributed by atoms with van der Waals surface area (Å²) in [6.45, 7) is 0. The van der Waals surface area contributed by atoms with Gasteiger partial charge in [0.25, 0.3) is 5.91 Å². The molecule has 1 heterocycles. The molecule has 2 aromatic carbocycles. The summed E-state index contributed by atoms with van der Waals surface area (Å²) in [6, 6.07) is 6.04. The number of aromatic hydroxyl groups is 1. The summed E-state index contributed by atoms with van der Waals surface area (Å²) in [7, 11) is 4.15. The molecule has 0 atom stereocenters. The van der Waals surface area contributed by atoms with Gasteiger partial charge in [0.05, 0.1) is 32.4 Å². The van der Waals surface area contributed by atoms with E-state index in [2.05, 4.69) is 19.9 Å². The first kappa shape index (κ1) is 21.7. The number of aromatic amines is 1. The Kier molecular flexibility index (Phi) is 5.90. The molecule has 0 aliphatic carbocycles. The summed E-state index contributed by atoms with van der Waals surface area (Å²) in [6.07, 6.45) is -4.89. The minimum atomic E-state index is -4.89. The van der Waals surface area contributed by atoms with Crippen LogP contribution in [0.25, 0.3) is 10.9 Å². The first-order valence-electron chi connectivity index (χ1n) is 8.53. The SMILES string of the molecule is COc1cc(C(=O)N=Nc2c(O)[nH]c3ccc(OC(F)(F)F)cc23)cc(OC)c1OC. The molecule has 9 nitrogen and oxygen atoms in total. The zero-order valence-electron chi connectivity index (χ0n) is 16.4. The smallest absolute Gasteiger partial charge is 0.493 e. The van der Waals surface area contributed by atoms with Gasteiger partial charge in [0, 0.05) is 5.39 Å². The van der Waals surface area contributed by atoms with Gasteiger partial charge in [0.15, 0.2) is 17.2 Å². The van der Waals surface area contributed by atoms with E-state index in [-0.39, 0.29) is 39.4 Å². The van der Waals surface area contributed by atoms with Crippen molar-refractivity contribution in [1.29, 1.82) is 0 Å². The third-order valence-corrected chi connectivity index (χ3v) is 4.11. The van der Waals surface area contributed by atoms with Gasteiger partial charge in [-0.15, -0.1) is 23.4 Å². The van der Waals surface area contributed by atoms with Crippen molar-refractivity contribution in [3.05, 3.63) is 35.9 Å². The van der Waals surface area contributed by atoms with Crippen LogP contribution in [0.2, 0.25) is 0 Å². The number of hydrogen-bond acceptors (Lipinski definition) is 7. The van der Waals surface area contributed by atoms with Crippen LogP contribution in [0, 0.1) is 0 Å². The van der Waals surface area contributed by atoms with E-state index in [9.17, 15) is 23.1 Å². The predicted octanol–water partition coefficient (Wildman–Crippen LogP) is 4.72. The van der Waals surface area contributed by atoms with Crippen LogP contribution >= 0.6 is 0 Å². The quantitative estimate of drug-likeness (QED) is 0.537. The molecular weight excluding hydrogens is 423 g/mol. The van der Waals surface area contributed by atoms with Crippen molar-refractivity contribution < 1.29 is 42.0 Å². The Hall–Kier alpha value is -3.96. The highest BCUT2D eigenvalue weighted by Gasteiger charge is 2.31. The van der Waals surface area contributed by atoms with E-state index in [1.807, 2.05) is 0 Å². The molecular formula is C19H16F3N3O6. The van der Waals surface area contributed by atoms with Crippen molar-refractivity contribution in [2.45, 2.75) is 6.36 Å². The van der Waals surface area contributed by atoms with Gasteiger partial charge < -0.3 is 29.0 Å². The van der Waals surface area contributed by atoms with Crippen molar-refractivity contribution in [2.24, 2.45) is 10.2 Å². The Labute approximate surface area is 173 Å². The number of nitrogens with one attached hydrogen (secondary N) is 1. The number of amides is 1. The third kappa shape index (κ3) is 4.63. The molecule has 12 heteroatoms. The van der Waals surface area contributed by atoms with Crippen LogP contribution in [0.3, 0.4) is 0 Å². The molecule has 3 aromatic rings. The lowest BCUT2D eigenvalue weighted by Gasteiger charge is -2.12. The van der Waals surface area contributed by atoms with Crippen molar-refractivity contribution >= 4 is 22.5 Å². The van der Waals surface area contributed by atoms with Crippen LogP contribution in [0.4, 0.5) is 18.9 Å². The highest BCUT2D eigenvalue weighted by molar-refractivity contribution is 5.98. The van der Waals surface area contributed by atoms with Gasteiger partial charge >= 0.3 is 6.36 Å². The summed E-state index contributed by atoms with van der Waals surface area (Å²) in [5.74, 6) is -1.14. The standard InChI is InChI=1S/C19H16F3N3O6/c1-28-13-6-9(7-14(29-2)16(13)30-3)17(26)25-24-15-11-8-10(31-19(20,21)22)4-5-12(11)23-18(15)27/h4-8,23,27H,1-3H3. The van der Waals surface area contributed by atoms with Crippen LogP contribution in [-0.2, 0) is 0 Å². The molecule has 2 N–H and O–H groups in total. The number of halogens is 3. The average molecular weight is 439 g/mol. The van der Waals surface area contributed by atoms with E-state index < -0.39 is 23.9 Å². The molecule has 0 spiro atoms. The van der Waals surface area contributed by atoms with Gasteiger partial charge in [0.1, 0.15) is 5.75 Å². The molecule has 0 fully saturated rings. The normalized spacial score (nSPS) is 11.7. The lowest BCUT2D eigenvalue weighted by atomic mass is 10.1. The number of aromatic nitrogens is 1. The number of hydrogen-bond donors (Lipinski definition) is 2. The molecule has 164 valence electrons. The Morgan fingerprint density at radius 1 is 1.03 bits per heavy atom. The molecule has 1 amide bonds. The van der Waals surface area contributed by atoms with Crippen molar-refractivity contribution in [1.82, 2.24) is 4.98 Å². The van der Waals surface area contributed by atoms with Crippen LogP contribution in [0.1, 0.15) is 10.4 Å². The van der Waals surface area contributed by atoms with E-state index >= 15 is 0 Å². The van der Waals surface area contributed by atoms with E-state index in [0.29, 0.717) is 0 Å². The number of carbonyl (C=O) groups excluding carboxylic acids is 1.